The van der Waals surface area contributed by atoms with Crippen molar-refractivity contribution in [3.8, 4) is 5.88 Å². The van der Waals surface area contributed by atoms with E-state index < -0.39 is 0 Å². The predicted molar refractivity (Wildman–Crippen MR) is 107 cm³/mol. The highest BCUT2D eigenvalue weighted by Crippen LogP contribution is 2.26. The predicted octanol–water partition coefficient (Wildman–Crippen LogP) is 3.94. The number of benzene rings is 1. The molecule has 1 saturated heterocycles. The van der Waals surface area contributed by atoms with Crippen LogP contribution in [0.15, 0.2) is 36.4 Å². The van der Waals surface area contributed by atoms with Gasteiger partial charge < -0.3 is 4.74 Å². The van der Waals surface area contributed by atoms with E-state index in [1.165, 1.54) is 36.2 Å². The molecular formula is C20H22N4O2S. The fourth-order valence-electron chi connectivity index (χ4n) is 3.32. The number of amides is 1. The summed E-state index contributed by atoms with van der Waals surface area (Å²) in [6, 6.07) is 11.4. The third-order valence-electron chi connectivity index (χ3n) is 4.70. The summed E-state index contributed by atoms with van der Waals surface area (Å²) in [5.41, 5.74) is 2.56. The Morgan fingerprint density at radius 2 is 2.04 bits per heavy atom. The van der Waals surface area contributed by atoms with Gasteiger partial charge in [0.15, 0.2) is 5.13 Å². The van der Waals surface area contributed by atoms with Crippen LogP contribution in [0.2, 0.25) is 0 Å². The molecule has 0 saturated carbocycles. The number of carbonyl (C=O) groups excluding carboxylic acids is 1. The number of ether oxygens (including phenoxy) is 1. The second-order valence-corrected chi connectivity index (χ2v) is 7.67. The van der Waals surface area contributed by atoms with Crippen LogP contribution in [0.5, 0.6) is 5.88 Å². The number of methoxy groups -OCH3 is 1. The molecule has 1 N–H and O–H groups in total. The Hall–Kier alpha value is -2.51. The summed E-state index contributed by atoms with van der Waals surface area (Å²) in [5, 5.41) is 3.43. The number of fused-ring (bicyclic) bond motifs is 1. The first kappa shape index (κ1) is 17.9. The largest absolute Gasteiger partial charge is 0.481 e. The monoisotopic (exact) mass is 382 g/mol. The quantitative estimate of drug-likeness (QED) is 0.724. The number of hydrogen-bond acceptors (Lipinski definition) is 6. The zero-order chi connectivity index (χ0) is 18.6. The topological polar surface area (TPSA) is 67.3 Å². The number of thiazole rings is 1. The molecule has 3 heterocycles. The lowest BCUT2D eigenvalue weighted by Gasteiger charge is -2.26. The number of piperidine rings is 1. The van der Waals surface area contributed by atoms with Gasteiger partial charge >= 0.3 is 0 Å². The summed E-state index contributed by atoms with van der Waals surface area (Å²) in [6.07, 6.45) is 3.84. The number of pyridine rings is 1. The maximum Gasteiger partial charge on any atom is 0.257 e. The van der Waals surface area contributed by atoms with Crippen molar-refractivity contribution >= 4 is 32.7 Å². The lowest BCUT2D eigenvalue weighted by Crippen LogP contribution is -2.29. The molecular weight excluding hydrogens is 360 g/mol. The standard InChI is InChI=1S/C20H22N4O2S/c1-26-17-9-8-16-19(22-17)27-20(21-16)23-18(25)15-7-5-6-14(12-15)13-24-10-3-2-4-11-24/h5-9,12H,2-4,10-11,13H2,1H3,(H,21,23,25). The van der Waals surface area contributed by atoms with Gasteiger partial charge in [-0.1, -0.05) is 29.9 Å². The highest BCUT2D eigenvalue weighted by molar-refractivity contribution is 7.22. The summed E-state index contributed by atoms with van der Waals surface area (Å²) in [7, 11) is 1.58. The van der Waals surface area contributed by atoms with Crippen LogP contribution in [-0.4, -0.2) is 41.0 Å². The second-order valence-electron chi connectivity index (χ2n) is 6.69. The van der Waals surface area contributed by atoms with Crippen molar-refractivity contribution in [3.05, 3.63) is 47.5 Å². The highest BCUT2D eigenvalue weighted by Gasteiger charge is 2.14. The molecule has 1 fully saturated rings. The molecule has 1 aliphatic rings. The first-order valence-electron chi connectivity index (χ1n) is 9.15. The van der Waals surface area contributed by atoms with Gasteiger partial charge in [-0.25, -0.2) is 9.97 Å². The van der Waals surface area contributed by atoms with E-state index in [0.717, 1.165) is 30.0 Å². The third kappa shape index (κ3) is 4.26. The minimum atomic E-state index is -0.151. The number of hydrogen-bond donors (Lipinski definition) is 1. The molecule has 0 bridgehead atoms. The van der Waals surface area contributed by atoms with E-state index in [0.29, 0.717) is 16.6 Å². The minimum Gasteiger partial charge on any atom is -0.481 e. The zero-order valence-corrected chi connectivity index (χ0v) is 16.1. The van der Waals surface area contributed by atoms with E-state index in [1.807, 2.05) is 24.3 Å². The van der Waals surface area contributed by atoms with Gasteiger partial charge in [-0.2, -0.15) is 0 Å². The van der Waals surface area contributed by atoms with Crippen molar-refractivity contribution in [2.45, 2.75) is 25.8 Å². The smallest absolute Gasteiger partial charge is 0.257 e. The molecule has 140 valence electrons. The molecule has 7 heteroatoms. The van der Waals surface area contributed by atoms with Crippen molar-refractivity contribution in [2.75, 3.05) is 25.5 Å². The molecule has 1 amide bonds. The number of nitrogens with one attached hydrogen (secondary N) is 1. The van der Waals surface area contributed by atoms with Crippen LogP contribution in [0.25, 0.3) is 10.3 Å². The molecule has 0 unspecified atom stereocenters. The number of anilines is 1. The van der Waals surface area contributed by atoms with Gasteiger partial charge in [0.25, 0.3) is 5.91 Å². The molecule has 1 aliphatic heterocycles. The average Bonchev–Trinajstić information content (AvgIpc) is 3.10. The minimum absolute atomic E-state index is 0.151. The third-order valence-corrected chi connectivity index (χ3v) is 5.58. The maximum absolute atomic E-state index is 12.7. The van der Waals surface area contributed by atoms with Crippen molar-refractivity contribution in [1.82, 2.24) is 14.9 Å². The van der Waals surface area contributed by atoms with Crippen LogP contribution >= 0.6 is 11.3 Å². The van der Waals surface area contributed by atoms with Crippen molar-refractivity contribution < 1.29 is 9.53 Å². The zero-order valence-electron chi connectivity index (χ0n) is 15.3. The summed E-state index contributed by atoms with van der Waals surface area (Å²) in [6.45, 7) is 3.17. The van der Waals surface area contributed by atoms with Gasteiger partial charge in [0.05, 0.1) is 7.11 Å². The highest BCUT2D eigenvalue weighted by atomic mass is 32.1. The van der Waals surface area contributed by atoms with Gasteiger partial charge in [-0.05, 0) is 49.7 Å². The number of likely N-dealkylation sites (tertiary alicyclic amines) is 1. The van der Waals surface area contributed by atoms with Crippen molar-refractivity contribution in [2.24, 2.45) is 0 Å². The normalized spacial score (nSPS) is 15.0. The average molecular weight is 382 g/mol. The van der Waals surface area contributed by atoms with Gasteiger partial charge in [0.1, 0.15) is 10.3 Å². The Morgan fingerprint density at radius 1 is 1.19 bits per heavy atom. The number of carbonyl (C=O) groups is 1. The Kier molecular flexibility index (Phi) is 5.31. The van der Waals surface area contributed by atoms with Crippen molar-refractivity contribution in [3.63, 3.8) is 0 Å². The van der Waals surface area contributed by atoms with E-state index >= 15 is 0 Å². The van der Waals surface area contributed by atoms with Crippen LogP contribution < -0.4 is 10.1 Å². The number of nitrogens with zero attached hydrogens (tertiary/aromatic N) is 3. The Morgan fingerprint density at radius 3 is 2.85 bits per heavy atom. The maximum atomic E-state index is 12.7. The van der Waals surface area contributed by atoms with Crippen LogP contribution in [-0.2, 0) is 6.54 Å². The van der Waals surface area contributed by atoms with E-state index in [-0.39, 0.29) is 5.91 Å². The molecule has 0 aliphatic carbocycles. The van der Waals surface area contributed by atoms with Crippen LogP contribution in [0.3, 0.4) is 0 Å². The fourth-order valence-corrected chi connectivity index (χ4v) is 4.15. The van der Waals surface area contributed by atoms with Crippen LogP contribution in [0, 0.1) is 0 Å². The number of aromatic nitrogens is 2. The molecule has 27 heavy (non-hydrogen) atoms. The van der Waals surface area contributed by atoms with Gasteiger partial charge in [-0.3, -0.25) is 15.0 Å². The number of rotatable bonds is 5. The van der Waals surface area contributed by atoms with Crippen molar-refractivity contribution in [1.29, 1.82) is 0 Å². The van der Waals surface area contributed by atoms with E-state index in [9.17, 15) is 4.79 Å². The summed E-state index contributed by atoms with van der Waals surface area (Å²) in [4.78, 5) is 24.6. The summed E-state index contributed by atoms with van der Waals surface area (Å²) >= 11 is 1.34. The van der Waals surface area contributed by atoms with Gasteiger partial charge in [0.2, 0.25) is 5.88 Å². The molecule has 0 spiro atoms. The van der Waals surface area contributed by atoms with Crippen LogP contribution in [0.1, 0.15) is 35.2 Å². The Labute approximate surface area is 162 Å². The van der Waals surface area contributed by atoms with Gasteiger partial charge in [-0.15, -0.1) is 0 Å². The molecule has 3 aromatic rings. The second kappa shape index (κ2) is 8.02. The lowest BCUT2D eigenvalue weighted by atomic mass is 10.1. The van der Waals surface area contributed by atoms with Crippen LogP contribution in [0.4, 0.5) is 5.13 Å². The molecule has 0 radical (unpaired) electrons. The van der Waals surface area contributed by atoms with Gasteiger partial charge in [0, 0.05) is 18.2 Å². The lowest BCUT2D eigenvalue weighted by molar-refractivity contribution is 0.102. The fraction of sp³-hybridized carbons (Fsp3) is 0.350. The van der Waals surface area contributed by atoms with E-state index in [4.69, 9.17) is 4.74 Å². The first-order valence-corrected chi connectivity index (χ1v) is 9.97. The molecule has 0 atom stereocenters. The Bertz CT molecular complexity index is 950. The molecule has 2 aromatic heterocycles. The first-order chi connectivity index (χ1) is 13.2. The summed E-state index contributed by atoms with van der Waals surface area (Å²) in [5.74, 6) is 0.385. The van der Waals surface area contributed by atoms with E-state index in [2.05, 4.69) is 26.3 Å². The SMILES string of the molecule is COc1ccc2nc(NC(=O)c3cccc(CN4CCCCC4)c3)sc2n1. The van der Waals surface area contributed by atoms with E-state index in [1.54, 1.807) is 13.2 Å². The summed E-state index contributed by atoms with van der Waals surface area (Å²) < 4.78 is 5.13. The Balaban J connectivity index is 1.47. The molecule has 4 rings (SSSR count). The molecule has 6 nitrogen and oxygen atoms in total. The molecule has 1 aromatic carbocycles.